The Morgan fingerprint density at radius 2 is 1.48 bits per heavy atom. The molecule has 0 saturated heterocycles. The fourth-order valence-corrected chi connectivity index (χ4v) is 4.23. The quantitative estimate of drug-likeness (QED) is 0.401. The molecule has 0 radical (unpaired) electrons. The largest absolute Gasteiger partial charge is 0.465 e. The third-order valence-corrected chi connectivity index (χ3v) is 5.63. The molecule has 1 fully saturated rings. The van der Waals surface area contributed by atoms with Crippen molar-refractivity contribution in [2.75, 3.05) is 0 Å². The Hall–Kier alpha value is -1.55. The number of ether oxygens (including phenoxy) is 2. The number of carbonyl (C=O) groups is 1. The van der Waals surface area contributed by atoms with Crippen LogP contribution >= 0.6 is 0 Å². The lowest BCUT2D eigenvalue weighted by molar-refractivity contribution is -0.138. The molecular weight excluding hydrogens is 386 g/mol. The van der Waals surface area contributed by atoms with Crippen molar-refractivity contribution in [2.24, 2.45) is 11.8 Å². The predicted molar refractivity (Wildman–Crippen MR) is 130 cm³/mol. The second kappa shape index (κ2) is 14.5. The van der Waals surface area contributed by atoms with Gasteiger partial charge in [0.2, 0.25) is 5.91 Å². The molecule has 1 aromatic rings. The highest BCUT2D eigenvalue weighted by Crippen LogP contribution is 2.28. The van der Waals surface area contributed by atoms with Crippen LogP contribution in [0, 0.1) is 11.8 Å². The van der Waals surface area contributed by atoms with Crippen molar-refractivity contribution >= 4 is 5.91 Å². The van der Waals surface area contributed by atoms with Crippen molar-refractivity contribution in [3.8, 4) is 5.75 Å². The molecule has 1 amide bonds. The number of hydrogen-bond donors (Lipinski definition) is 1. The van der Waals surface area contributed by atoms with Gasteiger partial charge in [0.05, 0.1) is 6.10 Å². The number of nitrogens with one attached hydrogen (secondary N) is 1. The summed E-state index contributed by atoms with van der Waals surface area (Å²) < 4.78 is 12.6. The molecule has 0 bridgehead atoms. The Labute approximate surface area is 191 Å². The van der Waals surface area contributed by atoms with Gasteiger partial charge in [-0.2, -0.15) is 0 Å². The summed E-state index contributed by atoms with van der Waals surface area (Å²) in [5, 5.41) is 3.03. The number of benzene rings is 1. The van der Waals surface area contributed by atoms with Crippen LogP contribution in [0.5, 0.6) is 5.75 Å². The average molecular weight is 434 g/mol. The van der Waals surface area contributed by atoms with Crippen molar-refractivity contribution in [3.05, 3.63) is 29.8 Å². The van der Waals surface area contributed by atoms with Gasteiger partial charge in [0.1, 0.15) is 5.75 Å². The van der Waals surface area contributed by atoms with Gasteiger partial charge in [0, 0.05) is 19.4 Å². The highest BCUT2D eigenvalue weighted by atomic mass is 16.7. The van der Waals surface area contributed by atoms with E-state index in [1.54, 1.807) is 6.92 Å². The summed E-state index contributed by atoms with van der Waals surface area (Å²) in [6.07, 6.45) is 5.92. The summed E-state index contributed by atoms with van der Waals surface area (Å²) in [6, 6.07) is 8.82. The monoisotopic (exact) mass is 433 g/mol. The summed E-state index contributed by atoms with van der Waals surface area (Å²) in [5.74, 6) is 2.70. The zero-order valence-electron chi connectivity index (χ0n) is 21.2. The van der Waals surface area contributed by atoms with Crippen LogP contribution in [-0.2, 0) is 9.53 Å². The van der Waals surface area contributed by atoms with E-state index < -0.39 is 0 Å². The standard InChI is InChI=1S/C25H41NO3.C2H6/c1-17(2)15-19(5)21-7-11-23(12-8-21)28-25(16-18(3)4)29-24-13-9-22(10-14-24)26-20(6)27;1-2/h7-8,11-12,17-19,22,24-25H,9-10,13-16H2,1-6H3,(H,26,27);1-2H3. The lowest BCUT2D eigenvalue weighted by Gasteiger charge is -2.32. The minimum atomic E-state index is -0.226. The van der Waals surface area contributed by atoms with Gasteiger partial charge in [0.25, 0.3) is 0 Å². The van der Waals surface area contributed by atoms with Crippen LogP contribution in [0.4, 0.5) is 0 Å². The first kappa shape index (κ1) is 27.5. The maximum atomic E-state index is 11.3. The molecular formula is C27H47NO3. The normalized spacial score (nSPS) is 20.6. The van der Waals surface area contributed by atoms with Crippen LogP contribution in [0.1, 0.15) is 105 Å². The molecule has 1 aliphatic carbocycles. The third kappa shape index (κ3) is 11.0. The molecule has 0 spiro atoms. The van der Waals surface area contributed by atoms with Gasteiger partial charge < -0.3 is 14.8 Å². The zero-order chi connectivity index (χ0) is 23.4. The van der Waals surface area contributed by atoms with E-state index in [9.17, 15) is 4.79 Å². The Kier molecular flexibility index (Phi) is 12.9. The van der Waals surface area contributed by atoms with Gasteiger partial charge >= 0.3 is 0 Å². The van der Waals surface area contributed by atoms with E-state index >= 15 is 0 Å². The minimum Gasteiger partial charge on any atom is -0.465 e. The fourth-order valence-electron chi connectivity index (χ4n) is 4.23. The molecule has 0 aliphatic heterocycles. The van der Waals surface area contributed by atoms with Crippen LogP contribution in [-0.4, -0.2) is 24.3 Å². The molecule has 4 heteroatoms. The van der Waals surface area contributed by atoms with Gasteiger partial charge in [0.15, 0.2) is 6.29 Å². The molecule has 1 N–H and O–H groups in total. The molecule has 2 unspecified atom stereocenters. The van der Waals surface area contributed by atoms with E-state index in [4.69, 9.17) is 9.47 Å². The zero-order valence-corrected chi connectivity index (χ0v) is 21.2. The first-order chi connectivity index (χ1) is 14.7. The second-order valence-corrected chi connectivity index (χ2v) is 9.59. The molecule has 2 atom stereocenters. The lowest BCUT2D eigenvalue weighted by Crippen LogP contribution is -2.39. The molecule has 2 rings (SSSR count). The molecule has 31 heavy (non-hydrogen) atoms. The number of rotatable bonds is 10. The summed E-state index contributed by atoms with van der Waals surface area (Å²) in [6.45, 7) is 16.8. The molecule has 1 saturated carbocycles. The van der Waals surface area contributed by atoms with Crippen molar-refractivity contribution in [3.63, 3.8) is 0 Å². The van der Waals surface area contributed by atoms with Crippen molar-refractivity contribution in [1.82, 2.24) is 5.32 Å². The molecule has 0 aromatic heterocycles. The third-order valence-electron chi connectivity index (χ3n) is 5.63. The first-order valence-electron chi connectivity index (χ1n) is 12.4. The molecule has 178 valence electrons. The first-order valence-corrected chi connectivity index (χ1v) is 12.4. The van der Waals surface area contributed by atoms with Crippen LogP contribution < -0.4 is 10.1 Å². The molecule has 0 heterocycles. The summed E-state index contributed by atoms with van der Waals surface area (Å²) in [4.78, 5) is 11.3. The Morgan fingerprint density at radius 1 is 0.935 bits per heavy atom. The highest BCUT2D eigenvalue weighted by molar-refractivity contribution is 5.73. The van der Waals surface area contributed by atoms with E-state index in [1.165, 1.54) is 12.0 Å². The number of amides is 1. The van der Waals surface area contributed by atoms with Gasteiger partial charge in [-0.15, -0.1) is 0 Å². The van der Waals surface area contributed by atoms with Crippen LogP contribution in [0.3, 0.4) is 0 Å². The van der Waals surface area contributed by atoms with E-state index in [0.29, 0.717) is 17.8 Å². The molecule has 1 aliphatic rings. The van der Waals surface area contributed by atoms with Crippen molar-refractivity contribution in [1.29, 1.82) is 0 Å². The van der Waals surface area contributed by atoms with Crippen LogP contribution in [0.15, 0.2) is 24.3 Å². The number of hydrogen-bond acceptors (Lipinski definition) is 3. The predicted octanol–water partition coefficient (Wildman–Crippen LogP) is 7.08. The van der Waals surface area contributed by atoms with Gasteiger partial charge in [-0.3, -0.25) is 4.79 Å². The van der Waals surface area contributed by atoms with Crippen LogP contribution in [0.25, 0.3) is 0 Å². The van der Waals surface area contributed by atoms with E-state index in [2.05, 4.69) is 64.2 Å². The van der Waals surface area contributed by atoms with E-state index in [-0.39, 0.29) is 24.3 Å². The lowest BCUT2D eigenvalue weighted by atomic mass is 9.92. The van der Waals surface area contributed by atoms with E-state index in [1.807, 2.05) is 13.8 Å². The second-order valence-electron chi connectivity index (χ2n) is 9.59. The maximum Gasteiger partial charge on any atom is 0.217 e. The fraction of sp³-hybridized carbons (Fsp3) is 0.741. The smallest absolute Gasteiger partial charge is 0.217 e. The van der Waals surface area contributed by atoms with E-state index in [0.717, 1.165) is 37.9 Å². The molecule has 4 nitrogen and oxygen atoms in total. The maximum absolute atomic E-state index is 11.3. The highest BCUT2D eigenvalue weighted by Gasteiger charge is 2.26. The Morgan fingerprint density at radius 3 is 1.97 bits per heavy atom. The minimum absolute atomic E-state index is 0.0570. The summed E-state index contributed by atoms with van der Waals surface area (Å²) in [5.41, 5.74) is 1.36. The summed E-state index contributed by atoms with van der Waals surface area (Å²) >= 11 is 0. The summed E-state index contributed by atoms with van der Waals surface area (Å²) in [7, 11) is 0. The topological polar surface area (TPSA) is 47.6 Å². The van der Waals surface area contributed by atoms with Crippen LogP contribution in [0.2, 0.25) is 0 Å². The SMILES string of the molecule is CC.CC(=O)NC1CCC(OC(CC(C)C)Oc2ccc(C(C)CC(C)C)cc2)CC1. The molecule has 1 aromatic carbocycles. The number of carbonyl (C=O) groups excluding carboxylic acids is 1. The van der Waals surface area contributed by atoms with Gasteiger partial charge in [-0.05, 0) is 67.6 Å². The van der Waals surface area contributed by atoms with Gasteiger partial charge in [-0.1, -0.05) is 60.6 Å². The average Bonchev–Trinajstić information content (AvgIpc) is 2.70. The Bertz CT molecular complexity index is 603. The Balaban J connectivity index is 0.00000233. The van der Waals surface area contributed by atoms with Gasteiger partial charge in [-0.25, -0.2) is 0 Å². The van der Waals surface area contributed by atoms with Crippen molar-refractivity contribution < 1.29 is 14.3 Å². The van der Waals surface area contributed by atoms with Crippen molar-refractivity contribution in [2.45, 2.75) is 118 Å².